The molecule has 0 saturated heterocycles. The summed E-state index contributed by atoms with van der Waals surface area (Å²) in [5.74, 6) is -1.36. The van der Waals surface area contributed by atoms with Gasteiger partial charge in [0.1, 0.15) is 5.75 Å². The Bertz CT molecular complexity index is 738. The van der Waals surface area contributed by atoms with Crippen molar-refractivity contribution in [1.82, 2.24) is 4.98 Å². The van der Waals surface area contributed by atoms with Crippen LogP contribution in [0.25, 0.3) is 0 Å². The first kappa shape index (κ1) is 15.2. The molecule has 21 heavy (non-hydrogen) atoms. The summed E-state index contributed by atoms with van der Waals surface area (Å²) in [5.41, 5.74) is -0.846. The van der Waals surface area contributed by atoms with Gasteiger partial charge in [0.15, 0.2) is 0 Å². The summed E-state index contributed by atoms with van der Waals surface area (Å²) >= 11 is 8.99. The zero-order valence-corrected chi connectivity index (χ0v) is 12.5. The van der Waals surface area contributed by atoms with Gasteiger partial charge in [0, 0.05) is 17.3 Å². The van der Waals surface area contributed by atoms with Crippen LogP contribution < -0.4 is 4.74 Å². The summed E-state index contributed by atoms with van der Waals surface area (Å²) in [4.78, 5) is 24.7. The van der Waals surface area contributed by atoms with Crippen LogP contribution in [0.3, 0.4) is 0 Å². The number of benzene rings is 1. The summed E-state index contributed by atoms with van der Waals surface area (Å²) < 4.78 is 5.82. The van der Waals surface area contributed by atoms with E-state index in [-0.39, 0.29) is 17.2 Å². The third-order valence-corrected chi connectivity index (χ3v) is 3.23. The number of pyridine rings is 1. The predicted molar refractivity (Wildman–Crippen MR) is 77.1 cm³/mol. The molecule has 0 atom stereocenters. The molecule has 2 aromatic rings. The van der Waals surface area contributed by atoms with Gasteiger partial charge in [-0.05, 0) is 34.1 Å². The molecule has 0 saturated carbocycles. The Morgan fingerprint density at radius 2 is 2.14 bits per heavy atom. The van der Waals surface area contributed by atoms with Crippen molar-refractivity contribution in [3.8, 4) is 11.6 Å². The smallest absolute Gasteiger partial charge is 0.337 e. The molecule has 0 fully saturated rings. The molecule has 0 aliphatic rings. The number of nitro groups is 1. The van der Waals surface area contributed by atoms with Gasteiger partial charge in [0.05, 0.1) is 15.0 Å². The summed E-state index contributed by atoms with van der Waals surface area (Å²) in [6, 6.07) is 5.48. The molecule has 9 heteroatoms. The fourth-order valence-electron chi connectivity index (χ4n) is 1.43. The van der Waals surface area contributed by atoms with Crippen LogP contribution >= 0.6 is 27.5 Å². The highest BCUT2D eigenvalue weighted by molar-refractivity contribution is 9.10. The maximum absolute atomic E-state index is 11.0. The zero-order valence-electron chi connectivity index (χ0n) is 10.1. The van der Waals surface area contributed by atoms with Crippen LogP contribution in [0.4, 0.5) is 5.69 Å². The van der Waals surface area contributed by atoms with Crippen molar-refractivity contribution in [1.29, 1.82) is 0 Å². The number of hydrogen-bond donors (Lipinski definition) is 1. The van der Waals surface area contributed by atoms with Crippen molar-refractivity contribution in [2.45, 2.75) is 0 Å². The van der Waals surface area contributed by atoms with Crippen LogP contribution in [-0.4, -0.2) is 21.0 Å². The lowest BCUT2D eigenvalue weighted by molar-refractivity contribution is -0.386. The van der Waals surface area contributed by atoms with Crippen molar-refractivity contribution in [3.05, 3.63) is 55.6 Å². The molecule has 0 aliphatic carbocycles. The summed E-state index contributed by atoms with van der Waals surface area (Å²) in [6.45, 7) is 0. The molecular weight excluding hydrogens is 367 g/mol. The highest BCUT2D eigenvalue weighted by Crippen LogP contribution is 2.35. The zero-order chi connectivity index (χ0) is 15.6. The van der Waals surface area contributed by atoms with Gasteiger partial charge in [-0.3, -0.25) is 10.1 Å². The maximum atomic E-state index is 11.0. The second kappa shape index (κ2) is 6.06. The van der Waals surface area contributed by atoms with Crippen LogP contribution in [0, 0.1) is 10.1 Å². The number of aromatic carboxylic acids is 1. The van der Waals surface area contributed by atoms with E-state index in [1.165, 1.54) is 6.07 Å². The Morgan fingerprint density at radius 3 is 2.71 bits per heavy atom. The van der Waals surface area contributed by atoms with Gasteiger partial charge in [-0.25, -0.2) is 9.78 Å². The first-order valence-corrected chi connectivity index (χ1v) is 6.56. The molecule has 1 heterocycles. The van der Waals surface area contributed by atoms with Crippen molar-refractivity contribution in [2.24, 2.45) is 0 Å². The molecule has 108 valence electrons. The Labute approximate surface area is 131 Å². The molecule has 0 bridgehead atoms. The van der Waals surface area contributed by atoms with Gasteiger partial charge in [-0.2, -0.15) is 0 Å². The van der Waals surface area contributed by atoms with Crippen LogP contribution in [0.1, 0.15) is 10.4 Å². The lowest BCUT2D eigenvalue weighted by Gasteiger charge is -2.07. The topological polar surface area (TPSA) is 103 Å². The van der Waals surface area contributed by atoms with E-state index in [2.05, 4.69) is 20.9 Å². The van der Waals surface area contributed by atoms with E-state index in [0.29, 0.717) is 9.50 Å². The minimum absolute atomic E-state index is 0.262. The first-order valence-electron chi connectivity index (χ1n) is 5.39. The predicted octanol–water partition coefficient (Wildman–Crippen LogP) is 3.90. The monoisotopic (exact) mass is 372 g/mol. The first-order chi connectivity index (χ1) is 9.88. The molecule has 0 radical (unpaired) electrons. The number of hydrogen-bond acceptors (Lipinski definition) is 5. The van der Waals surface area contributed by atoms with Crippen molar-refractivity contribution in [2.75, 3.05) is 0 Å². The molecule has 1 aromatic carbocycles. The van der Waals surface area contributed by atoms with E-state index in [4.69, 9.17) is 21.4 Å². The number of carboxylic acid groups (broad SMARTS) is 1. The SMILES string of the molecule is O=C(O)c1cnc(Oc2ccc(Cl)cc2Br)c([N+](=O)[O-])c1. The largest absolute Gasteiger partial charge is 0.478 e. The fourth-order valence-corrected chi connectivity index (χ4v) is 2.19. The van der Waals surface area contributed by atoms with Gasteiger partial charge < -0.3 is 9.84 Å². The van der Waals surface area contributed by atoms with E-state index in [1.807, 2.05) is 0 Å². The normalized spacial score (nSPS) is 10.2. The summed E-state index contributed by atoms with van der Waals surface area (Å²) in [7, 11) is 0. The molecule has 7 nitrogen and oxygen atoms in total. The Morgan fingerprint density at radius 1 is 1.43 bits per heavy atom. The summed E-state index contributed by atoms with van der Waals surface area (Å²) in [5, 5.41) is 20.3. The van der Waals surface area contributed by atoms with Gasteiger partial charge in [0.25, 0.3) is 5.88 Å². The molecule has 0 spiro atoms. The molecule has 2 rings (SSSR count). The van der Waals surface area contributed by atoms with Gasteiger partial charge in [-0.15, -0.1) is 0 Å². The van der Waals surface area contributed by atoms with Crippen LogP contribution in [-0.2, 0) is 0 Å². The summed E-state index contributed by atoms with van der Waals surface area (Å²) in [6.07, 6.45) is 0.981. The quantitative estimate of drug-likeness (QED) is 0.644. The third-order valence-electron chi connectivity index (χ3n) is 2.38. The molecule has 0 amide bonds. The van der Waals surface area contributed by atoms with Crippen LogP contribution in [0.2, 0.25) is 5.02 Å². The lowest BCUT2D eigenvalue weighted by Crippen LogP contribution is -2.02. The number of ether oxygens (including phenoxy) is 1. The molecule has 1 N–H and O–H groups in total. The number of rotatable bonds is 4. The average molecular weight is 374 g/mol. The molecular formula is C12H6BrClN2O5. The van der Waals surface area contributed by atoms with E-state index >= 15 is 0 Å². The number of carboxylic acids is 1. The second-order valence-corrected chi connectivity index (χ2v) is 5.08. The number of nitrogens with zero attached hydrogens (tertiary/aromatic N) is 2. The number of carbonyl (C=O) groups is 1. The Hall–Kier alpha value is -2.19. The van der Waals surface area contributed by atoms with Gasteiger partial charge in [0.2, 0.25) is 0 Å². The minimum atomic E-state index is -1.31. The van der Waals surface area contributed by atoms with Crippen LogP contribution in [0.15, 0.2) is 34.9 Å². The van der Waals surface area contributed by atoms with Crippen LogP contribution in [0.5, 0.6) is 11.6 Å². The van der Waals surface area contributed by atoms with E-state index < -0.39 is 16.6 Å². The average Bonchev–Trinajstić information content (AvgIpc) is 2.41. The molecule has 0 unspecified atom stereocenters. The van der Waals surface area contributed by atoms with Gasteiger partial charge in [-0.1, -0.05) is 11.6 Å². The Balaban J connectivity index is 2.44. The fraction of sp³-hybridized carbons (Fsp3) is 0. The highest BCUT2D eigenvalue weighted by Gasteiger charge is 2.21. The van der Waals surface area contributed by atoms with E-state index in [1.54, 1.807) is 12.1 Å². The Kier molecular flexibility index (Phi) is 4.39. The van der Waals surface area contributed by atoms with Crippen molar-refractivity contribution in [3.63, 3.8) is 0 Å². The molecule has 0 aliphatic heterocycles. The standard InChI is InChI=1S/C12H6BrClN2O5/c13-8-4-7(14)1-2-10(8)21-11-9(16(19)20)3-6(5-15-11)12(17)18/h1-5H,(H,17,18). The second-order valence-electron chi connectivity index (χ2n) is 3.79. The number of halogens is 2. The third kappa shape index (κ3) is 3.47. The maximum Gasteiger partial charge on any atom is 0.337 e. The number of aromatic nitrogens is 1. The lowest BCUT2D eigenvalue weighted by atomic mass is 10.2. The minimum Gasteiger partial charge on any atom is -0.478 e. The van der Waals surface area contributed by atoms with Gasteiger partial charge >= 0.3 is 11.7 Å². The van der Waals surface area contributed by atoms with E-state index in [9.17, 15) is 14.9 Å². The molecule has 1 aromatic heterocycles. The van der Waals surface area contributed by atoms with E-state index in [0.717, 1.165) is 12.3 Å². The van der Waals surface area contributed by atoms with Crippen molar-refractivity contribution < 1.29 is 19.6 Å². The van der Waals surface area contributed by atoms with Crippen molar-refractivity contribution >= 4 is 39.2 Å². The highest BCUT2D eigenvalue weighted by atomic mass is 79.9.